The third kappa shape index (κ3) is 4.99. The highest BCUT2D eigenvalue weighted by Crippen LogP contribution is 2.13. The highest BCUT2D eigenvalue weighted by Gasteiger charge is 2.22. The lowest BCUT2D eigenvalue weighted by atomic mass is 10.2. The normalized spacial score (nSPS) is 21.3. The van der Waals surface area contributed by atoms with Gasteiger partial charge in [-0.2, -0.15) is 0 Å². The van der Waals surface area contributed by atoms with Crippen molar-refractivity contribution >= 4 is 17.2 Å². The molecule has 2 saturated heterocycles. The summed E-state index contributed by atoms with van der Waals surface area (Å²) in [5.41, 5.74) is 1.18. The van der Waals surface area contributed by atoms with Crippen LogP contribution in [0.4, 0.5) is 0 Å². The second-order valence-corrected chi connectivity index (χ2v) is 7.77. The summed E-state index contributed by atoms with van der Waals surface area (Å²) in [5.74, 6) is 0.329. The molecule has 2 aliphatic rings. The first-order valence-electron chi connectivity index (χ1n) is 8.84. The Kier molecular flexibility index (Phi) is 6.02. The van der Waals surface area contributed by atoms with Crippen LogP contribution in [-0.2, 0) is 11.3 Å². The number of hydrogen-bond donors (Lipinski definition) is 0. The summed E-state index contributed by atoms with van der Waals surface area (Å²) in [4.78, 5) is 23.8. The molecule has 1 aromatic heterocycles. The van der Waals surface area contributed by atoms with Crippen molar-refractivity contribution in [3.8, 4) is 0 Å². The van der Waals surface area contributed by atoms with Crippen LogP contribution in [0.2, 0.25) is 0 Å². The molecule has 0 spiro atoms. The number of thiazole rings is 1. The van der Waals surface area contributed by atoms with Crippen LogP contribution in [-0.4, -0.2) is 71.4 Å². The number of rotatable bonds is 4. The van der Waals surface area contributed by atoms with Gasteiger partial charge in [0.15, 0.2) is 0 Å². The van der Waals surface area contributed by atoms with E-state index in [2.05, 4.69) is 32.0 Å². The number of aryl methyl sites for hydroxylation is 1. The summed E-state index contributed by atoms with van der Waals surface area (Å²) >= 11 is 1.72. The number of carbonyl (C=O) groups excluding carboxylic acids is 1. The van der Waals surface area contributed by atoms with Gasteiger partial charge in [0, 0.05) is 51.2 Å². The maximum Gasteiger partial charge on any atom is 0.236 e. The van der Waals surface area contributed by atoms with Crippen molar-refractivity contribution in [2.75, 3.05) is 45.8 Å². The lowest BCUT2D eigenvalue weighted by Gasteiger charge is -2.35. The maximum absolute atomic E-state index is 12.5. The lowest BCUT2D eigenvalue weighted by Crippen LogP contribution is -2.49. The number of carbonyl (C=O) groups is 1. The van der Waals surface area contributed by atoms with Crippen LogP contribution in [0, 0.1) is 6.92 Å². The standard InChI is InChI=1S/C17H28N4OS/c1-15-18-16(14-23-15)12-19-8-10-20(11-9-19)13-17(22)21-6-4-2-3-5-7-21/h14H,2-13H2,1H3. The largest absolute Gasteiger partial charge is 0.342 e. The fourth-order valence-electron chi connectivity index (χ4n) is 3.43. The molecular formula is C17H28N4OS. The van der Waals surface area contributed by atoms with Gasteiger partial charge in [0.25, 0.3) is 0 Å². The predicted octanol–water partition coefficient (Wildman–Crippen LogP) is 1.97. The SMILES string of the molecule is Cc1nc(CN2CCN(CC(=O)N3CCCCCC3)CC2)cs1. The van der Waals surface area contributed by atoms with Crippen molar-refractivity contribution in [1.29, 1.82) is 0 Å². The van der Waals surface area contributed by atoms with Crippen LogP contribution in [0.3, 0.4) is 0 Å². The first kappa shape index (κ1) is 16.9. The van der Waals surface area contributed by atoms with Gasteiger partial charge in [-0.25, -0.2) is 4.98 Å². The number of piperazine rings is 1. The molecule has 2 aliphatic heterocycles. The van der Waals surface area contributed by atoms with Gasteiger partial charge in [-0.3, -0.25) is 14.6 Å². The van der Waals surface area contributed by atoms with Crippen molar-refractivity contribution in [1.82, 2.24) is 19.7 Å². The van der Waals surface area contributed by atoms with E-state index in [9.17, 15) is 4.79 Å². The molecule has 23 heavy (non-hydrogen) atoms. The zero-order valence-corrected chi connectivity index (χ0v) is 15.0. The molecule has 1 aromatic rings. The third-order valence-corrected chi connectivity index (χ3v) is 5.66. The van der Waals surface area contributed by atoms with Gasteiger partial charge in [0.1, 0.15) is 0 Å². The molecule has 3 heterocycles. The molecule has 0 aliphatic carbocycles. The van der Waals surface area contributed by atoms with Gasteiger partial charge in [-0.05, 0) is 19.8 Å². The van der Waals surface area contributed by atoms with Gasteiger partial charge >= 0.3 is 0 Å². The summed E-state index contributed by atoms with van der Waals surface area (Å²) < 4.78 is 0. The number of likely N-dealkylation sites (tertiary alicyclic amines) is 1. The summed E-state index contributed by atoms with van der Waals surface area (Å²) in [5, 5.41) is 3.30. The molecule has 128 valence electrons. The highest BCUT2D eigenvalue weighted by atomic mass is 32.1. The third-order valence-electron chi connectivity index (χ3n) is 4.83. The summed E-state index contributed by atoms with van der Waals surface area (Å²) in [6.07, 6.45) is 4.90. The van der Waals surface area contributed by atoms with Gasteiger partial charge in [0.2, 0.25) is 5.91 Å². The van der Waals surface area contributed by atoms with Crippen LogP contribution < -0.4 is 0 Å². The molecule has 0 unspecified atom stereocenters. The number of nitrogens with zero attached hydrogens (tertiary/aromatic N) is 4. The molecule has 0 bridgehead atoms. The molecule has 5 nitrogen and oxygen atoms in total. The minimum atomic E-state index is 0.329. The van der Waals surface area contributed by atoms with Gasteiger partial charge in [0.05, 0.1) is 17.2 Å². The molecule has 0 N–H and O–H groups in total. The van der Waals surface area contributed by atoms with E-state index in [-0.39, 0.29) is 0 Å². The lowest BCUT2D eigenvalue weighted by molar-refractivity contribution is -0.132. The first-order chi connectivity index (χ1) is 11.2. The summed E-state index contributed by atoms with van der Waals surface area (Å²) in [6.45, 7) is 9.56. The molecule has 0 radical (unpaired) electrons. The Morgan fingerprint density at radius 3 is 2.30 bits per heavy atom. The quantitative estimate of drug-likeness (QED) is 0.843. The van der Waals surface area contributed by atoms with E-state index in [0.29, 0.717) is 12.5 Å². The first-order valence-corrected chi connectivity index (χ1v) is 9.72. The van der Waals surface area contributed by atoms with E-state index in [0.717, 1.165) is 50.8 Å². The van der Waals surface area contributed by atoms with Gasteiger partial charge in [-0.15, -0.1) is 11.3 Å². The molecule has 1 amide bonds. The maximum atomic E-state index is 12.5. The molecule has 3 rings (SSSR count). The smallest absolute Gasteiger partial charge is 0.236 e. The van der Waals surface area contributed by atoms with Crippen molar-refractivity contribution in [2.24, 2.45) is 0 Å². The molecule has 0 saturated carbocycles. The summed E-state index contributed by atoms with van der Waals surface area (Å²) in [6, 6.07) is 0. The number of hydrogen-bond acceptors (Lipinski definition) is 5. The van der Waals surface area contributed by atoms with Crippen LogP contribution >= 0.6 is 11.3 Å². The monoisotopic (exact) mass is 336 g/mol. The minimum absolute atomic E-state index is 0.329. The van der Waals surface area contributed by atoms with Crippen LogP contribution in [0.15, 0.2) is 5.38 Å². The number of amides is 1. The van der Waals surface area contributed by atoms with Crippen LogP contribution in [0.25, 0.3) is 0 Å². The van der Waals surface area contributed by atoms with E-state index in [1.54, 1.807) is 11.3 Å². The molecule has 0 atom stereocenters. The highest BCUT2D eigenvalue weighted by molar-refractivity contribution is 7.09. The predicted molar refractivity (Wildman–Crippen MR) is 93.6 cm³/mol. The van der Waals surface area contributed by atoms with Crippen molar-refractivity contribution in [3.05, 3.63) is 16.1 Å². The van der Waals surface area contributed by atoms with Gasteiger partial charge in [-0.1, -0.05) is 12.8 Å². The second kappa shape index (κ2) is 8.22. The van der Waals surface area contributed by atoms with Crippen molar-refractivity contribution in [2.45, 2.75) is 39.2 Å². The van der Waals surface area contributed by atoms with Crippen molar-refractivity contribution < 1.29 is 4.79 Å². The van der Waals surface area contributed by atoms with Crippen molar-refractivity contribution in [3.63, 3.8) is 0 Å². The molecule has 0 aromatic carbocycles. The zero-order chi connectivity index (χ0) is 16.1. The molecular weight excluding hydrogens is 308 g/mol. The molecule has 6 heteroatoms. The average molecular weight is 337 g/mol. The fraction of sp³-hybridized carbons (Fsp3) is 0.765. The van der Waals surface area contributed by atoms with Crippen LogP contribution in [0.1, 0.15) is 36.4 Å². The van der Waals surface area contributed by atoms with E-state index in [4.69, 9.17) is 0 Å². The Balaban J connectivity index is 1.40. The number of aromatic nitrogens is 1. The fourth-order valence-corrected chi connectivity index (χ4v) is 4.03. The van der Waals surface area contributed by atoms with Gasteiger partial charge < -0.3 is 4.90 Å². The zero-order valence-electron chi connectivity index (χ0n) is 14.2. The Bertz CT molecular complexity index is 502. The Morgan fingerprint density at radius 2 is 1.70 bits per heavy atom. The Morgan fingerprint density at radius 1 is 1.04 bits per heavy atom. The van der Waals surface area contributed by atoms with E-state index >= 15 is 0 Å². The molecule has 2 fully saturated rings. The van der Waals surface area contributed by atoms with E-state index in [1.165, 1.54) is 31.4 Å². The Labute approximate surface area is 143 Å². The summed E-state index contributed by atoms with van der Waals surface area (Å²) in [7, 11) is 0. The van der Waals surface area contributed by atoms with Crippen LogP contribution in [0.5, 0.6) is 0 Å². The van der Waals surface area contributed by atoms with E-state index in [1.807, 2.05) is 0 Å². The minimum Gasteiger partial charge on any atom is -0.342 e. The topological polar surface area (TPSA) is 39.7 Å². The van der Waals surface area contributed by atoms with E-state index < -0.39 is 0 Å². The second-order valence-electron chi connectivity index (χ2n) is 6.71. The average Bonchev–Trinajstić information content (AvgIpc) is 2.79. The Hall–Kier alpha value is -0.980.